The van der Waals surface area contributed by atoms with Gasteiger partial charge in [-0.3, -0.25) is 9.59 Å². The van der Waals surface area contributed by atoms with Crippen LogP contribution in [0.4, 0.5) is 17.2 Å². The predicted octanol–water partition coefficient (Wildman–Crippen LogP) is 1.88. The molecular formula is C14H14N4O2. The lowest BCUT2D eigenvalue weighted by atomic mass is 10.2. The number of benzene rings is 1. The molecule has 0 bridgehead atoms. The summed E-state index contributed by atoms with van der Waals surface area (Å²) in [5, 5.41) is 5.68. The first-order chi connectivity index (χ1) is 9.56. The van der Waals surface area contributed by atoms with Gasteiger partial charge in [0.1, 0.15) is 5.82 Å². The molecule has 6 heteroatoms. The number of anilines is 3. The van der Waals surface area contributed by atoms with E-state index in [4.69, 9.17) is 5.73 Å². The number of pyridine rings is 1. The fraction of sp³-hybridized carbons (Fsp3) is 0.0714. The lowest BCUT2D eigenvalue weighted by Crippen LogP contribution is -2.14. The van der Waals surface area contributed by atoms with Gasteiger partial charge in [0.15, 0.2) is 0 Å². The second-order valence-corrected chi connectivity index (χ2v) is 4.15. The second-order valence-electron chi connectivity index (χ2n) is 4.15. The Morgan fingerprint density at radius 2 is 1.75 bits per heavy atom. The minimum Gasteiger partial charge on any atom is -0.365 e. The number of rotatable bonds is 4. The van der Waals surface area contributed by atoms with Gasteiger partial charge in [0, 0.05) is 24.5 Å². The number of hydrogen-bond donors (Lipinski definition) is 3. The Bertz CT molecular complexity index is 638. The summed E-state index contributed by atoms with van der Waals surface area (Å²) in [7, 11) is 0. The Hall–Kier alpha value is -2.89. The summed E-state index contributed by atoms with van der Waals surface area (Å²) in [6.07, 6.45) is 1.57. The molecule has 0 radical (unpaired) electrons. The molecule has 0 aliphatic heterocycles. The van der Waals surface area contributed by atoms with E-state index in [0.29, 0.717) is 17.1 Å². The molecule has 0 saturated carbocycles. The van der Waals surface area contributed by atoms with Crippen LogP contribution < -0.4 is 16.4 Å². The number of amides is 2. The summed E-state index contributed by atoms with van der Waals surface area (Å²) in [5.74, 6) is -0.283. The van der Waals surface area contributed by atoms with Crippen LogP contribution in [0.25, 0.3) is 0 Å². The normalized spacial score (nSPS) is 9.85. The maximum Gasteiger partial charge on any atom is 0.252 e. The molecule has 2 rings (SSSR count). The van der Waals surface area contributed by atoms with E-state index in [0.717, 1.165) is 5.69 Å². The molecule has 2 amide bonds. The number of hydrogen-bond acceptors (Lipinski definition) is 4. The molecule has 102 valence electrons. The average molecular weight is 270 g/mol. The molecule has 0 unspecified atom stereocenters. The van der Waals surface area contributed by atoms with E-state index in [2.05, 4.69) is 15.6 Å². The Labute approximate surface area is 116 Å². The Balaban J connectivity index is 2.18. The van der Waals surface area contributed by atoms with Crippen molar-refractivity contribution in [1.29, 1.82) is 0 Å². The third-order valence-corrected chi connectivity index (χ3v) is 2.54. The van der Waals surface area contributed by atoms with E-state index >= 15 is 0 Å². The molecule has 0 atom stereocenters. The van der Waals surface area contributed by atoms with Gasteiger partial charge in [-0.2, -0.15) is 0 Å². The number of aromatic nitrogens is 1. The fourth-order valence-corrected chi connectivity index (χ4v) is 1.68. The van der Waals surface area contributed by atoms with Crippen LogP contribution in [0.3, 0.4) is 0 Å². The van der Waals surface area contributed by atoms with Crippen molar-refractivity contribution in [2.24, 2.45) is 5.73 Å². The van der Waals surface area contributed by atoms with Gasteiger partial charge in [-0.25, -0.2) is 4.98 Å². The molecule has 0 fully saturated rings. The standard InChI is InChI=1S/C14H14N4O2/c1-9(19)17-10-4-6-11(7-5-10)18-14-12(13(15)20)3-2-8-16-14/h2-8H,1H3,(H2,15,20)(H,16,18)(H,17,19). The zero-order chi connectivity index (χ0) is 14.5. The number of nitrogens with one attached hydrogen (secondary N) is 2. The molecule has 6 nitrogen and oxygen atoms in total. The van der Waals surface area contributed by atoms with Gasteiger partial charge in [0.25, 0.3) is 5.91 Å². The highest BCUT2D eigenvalue weighted by atomic mass is 16.1. The molecule has 1 aromatic heterocycles. The Kier molecular flexibility index (Phi) is 3.95. The quantitative estimate of drug-likeness (QED) is 0.790. The first kappa shape index (κ1) is 13.5. The molecular weight excluding hydrogens is 256 g/mol. The molecule has 1 heterocycles. The number of primary amides is 1. The highest BCUT2D eigenvalue weighted by Crippen LogP contribution is 2.20. The smallest absolute Gasteiger partial charge is 0.252 e. The number of nitrogens with zero attached hydrogens (tertiary/aromatic N) is 1. The Morgan fingerprint density at radius 3 is 2.35 bits per heavy atom. The van der Waals surface area contributed by atoms with Crippen LogP contribution in [0.15, 0.2) is 42.6 Å². The van der Waals surface area contributed by atoms with Crippen molar-refractivity contribution in [1.82, 2.24) is 4.98 Å². The van der Waals surface area contributed by atoms with Crippen LogP contribution in [0.2, 0.25) is 0 Å². The second kappa shape index (κ2) is 5.83. The highest BCUT2D eigenvalue weighted by molar-refractivity contribution is 5.98. The average Bonchev–Trinajstić information content (AvgIpc) is 2.41. The minimum absolute atomic E-state index is 0.133. The number of carbonyl (C=O) groups is 2. The van der Waals surface area contributed by atoms with Crippen LogP contribution in [0, 0.1) is 0 Å². The van der Waals surface area contributed by atoms with E-state index in [-0.39, 0.29) is 5.91 Å². The monoisotopic (exact) mass is 270 g/mol. The van der Waals surface area contributed by atoms with Gasteiger partial charge < -0.3 is 16.4 Å². The third kappa shape index (κ3) is 3.32. The van der Waals surface area contributed by atoms with Crippen molar-refractivity contribution in [2.45, 2.75) is 6.92 Å². The van der Waals surface area contributed by atoms with Gasteiger partial charge >= 0.3 is 0 Å². The summed E-state index contributed by atoms with van der Waals surface area (Å²) in [6.45, 7) is 1.44. The van der Waals surface area contributed by atoms with E-state index in [1.165, 1.54) is 6.92 Å². The zero-order valence-electron chi connectivity index (χ0n) is 10.9. The first-order valence-electron chi connectivity index (χ1n) is 5.96. The lowest BCUT2D eigenvalue weighted by Gasteiger charge is -2.09. The van der Waals surface area contributed by atoms with E-state index < -0.39 is 5.91 Å². The molecule has 0 spiro atoms. The molecule has 2 aromatic rings. The summed E-state index contributed by atoms with van der Waals surface area (Å²) < 4.78 is 0. The minimum atomic E-state index is -0.546. The van der Waals surface area contributed by atoms with Crippen LogP contribution in [0.5, 0.6) is 0 Å². The predicted molar refractivity (Wildman–Crippen MR) is 76.8 cm³/mol. The Morgan fingerprint density at radius 1 is 1.10 bits per heavy atom. The third-order valence-electron chi connectivity index (χ3n) is 2.54. The van der Waals surface area contributed by atoms with Crippen LogP contribution >= 0.6 is 0 Å². The summed E-state index contributed by atoms with van der Waals surface area (Å²) in [5.41, 5.74) is 7.03. The molecule has 20 heavy (non-hydrogen) atoms. The van der Waals surface area contributed by atoms with Crippen molar-refractivity contribution in [3.63, 3.8) is 0 Å². The van der Waals surface area contributed by atoms with Crippen molar-refractivity contribution in [3.8, 4) is 0 Å². The van der Waals surface area contributed by atoms with Crippen LogP contribution in [-0.4, -0.2) is 16.8 Å². The van der Waals surface area contributed by atoms with E-state index in [1.807, 2.05) is 0 Å². The SMILES string of the molecule is CC(=O)Nc1ccc(Nc2ncccc2C(N)=O)cc1. The maximum absolute atomic E-state index is 11.3. The van der Waals surface area contributed by atoms with E-state index in [1.54, 1.807) is 42.6 Å². The van der Waals surface area contributed by atoms with Crippen molar-refractivity contribution < 1.29 is 9.59 Å². The fourth-order valence-electron chi connectivity index (χ4n) is 1.68. The van der Waals surface area contributed by atoms with Gasteiger partial charge in [0.2, 0.25) is 5.91 Å². The summed E-state index contributed by atoms with van der Waals surface area (Å²) in [6, 6.07) is 10.3. The number of carbonyl (C=O) groups excluding carboxylic acids is 2. The zero-order valence-corrected chi connectivity index (χ0v) is 10.9. The van der Waals surface area contributed by atoms with Gasteiger partial charge in [0.05, 0.1) is 5.56 Å². The molecule has 1 aromatic carbocycles. The largest absolute Gasteiger partial charge is 0.365 e. The summed E-state index contributed by atoms with van der Waals surface area (Å²) >= 11 is 0. The van der Waals surface area contributed by atoms with Gasteiger partial charge in [-0.05, 0) is 36.4 Å². The van der Waals surface area contributed by atoms with Crippen molar-refractivity contribution in [2.75, 3.05) is 10.6 Å². The van der Waals surface area contributed by atoms with Crippen molar-refractivity contribution >= 4 is 29.0 Å². The summed E-state index contributed by atoms with van der Waals surface area (Å²) in [4.78, 5) is 26.3. The van der Waals surface area contributed by atoms with Crippen LogP contribution in [-0.2, 0) is 4.79 Å². The first-order valence-corrected chi connectivity index (χ1v) is 5.96. The molecule has 0 saturated heterocycles. The van der Waals surface area contributed by atoms with Crippen LogP contribution in [0.1, 0.15) is 17.3 Å². The van der Waals surface area contributed by atoms with Crippen molar-refractivity contribution in [3.05, 3.63) is 48.2 Å². The highest BCUT2D eigenvalue weighted by Gasteiger charge is 2.08. The number of nitrogens with two attached hydrogens (primary N) is 1. The lowest BCUT2D eigenvalue weighted by molar-refractivity contribution is -0.114. The maximum atomic E-state index is 11.3. The topological polar surface area (TPSA) is 97.1 Å². The van der Waals surface area contributed by atoms with E-state index in [9.17, 15) is 9.59 Å². The van der Waals surface area contributed by atoms with Gasteiger partial charge in [-0.15, -0.1) is 0 Å². The molecule has 0 aliphatic carbocycles. The molecule has 4 N–H and O–H groups in total. The van der Waals surface area contributed by atoms with Gasteiger partial charge in [-0.1, -0.05) is 0 Å². The molecule has 0 aliphatic rings.